The van der Waals surface area contributed by atoms with Gasteiger partial charge in [-0.05, 0) is 48.1 Å². The maximum absolute atomic E-state index is 4.21. The molecular formula is C12H12IN3. The number of anilines is 2. The highest BCUT2D eigenvalue weighted by molar-refractivity contribution is 14.1. The van der Waals surface area contributed by atoms with E-state index in [2.05, 4.69) is 63.9 Å². The van der Waals surface area contributed by atoms with Gasteiger partial charge in [0.2, 0.25) is 5.95 Å². The number of rotatable bonds is 2. The van der Waals surface area contributed by atoms with E-state index in [9.17, 15) is 0 Å². The molecule has 0 fully saturated rings. The third kappa shape index (κ3) is 2.69. The summed E-state index contributed by atoms with van der Waals surface area (Å²) in [5.74, 6) is 0.632. The predicted octanol–water partition coefficient (Wildman–Crippen LogP) is 3.44. The van der Waals surface area contributed by atoms with Crippen LogP contribution in [0.25, 0.3) is 0 Å². The van der Waals surface area contributed by atoms with Gasteiger partial charge in [0.15, 0.2) is 0 Å². The lowest BCUT2D eigenvalue weighted by atomic mass is 10.1. The van der Waals surface area contributed by atoms with Gasteiger partial charge in [0, 0.05) is 21.7 Å². The zero-order valence-corrected chi connectivity index (χ0v) is 11.3. The predicted molar refractivity (Wildman–Crippen MR) is 73.9 cm³/mol. The second-order valence-electron chi connectivity index (χ2n) is 3.67. The molecule has 1 aromatic heterocycles. The van der Waals surface area contributed by atoms with E-state index in [1.165, 1.54) is 11.1 Å². The van der Waals surface area contributed by atoms with Crippen molar-refractivity contribution in [2.45, 2.75) is 13.8 Å². The summed E-state index contributed by atoms with van der Waals surface area (Å²) in [7, 11) is 0. The van der Waals surface area contributed by atoms with Gasteiger partial charge in [0.1, 0.15) is 0 Å². The minimum atomic E-state index is 0.632. The van der Waals surface area contributed by atoms with Crippen LogP contribution in [-0.4, -0.2) is 9.97 Å². The van der Waals surface area contributed by atoms with Gasteiger partial charge >= 0.3 is 0 Å². The van der Waals surface area contributed by atoms with Crippen LogP contribution in [0.1, 0.15) is 11.1 Å². The van der Waals surface area contributed by atoms with Crippen LogP contribution in [0.5, 0.6) is 0 Å². The monoisotopic (exact) mass is 325 g/mol. The molecule has 0 bridgehead atoms. The average molecular weight is 325 g/mol. The topological polar surface area (TPSA) is 37.8 Å². The molecule has 3 nitrogen and oxygen atoms in total. The molecule has 0 saturated carbocycles. The molecule has 0 aliphatic rings. The van der Waals surface area contributed by atoms with Crippen LogP contribution in [0.3, 0.4) is 0 Å². The molecule has 1 N–H and O–H groups in total. The second kappa shape index (κ2) is 4.78. The number of hydrogen-bond acceptors (Lipinski definition) is 3. The third-order valence-corrected chi connectivity index (χ3v) is 2.81. The molecular weight excluding hydrogens is 313 g/mol. The maximum Gasteiger partial charge on any atom is 0.227 e. The van der Waals surface area contributed by atoms with E-state index < -0.39 is 0 Å². The maximum atomic E-state index is 4.21. The van der Waals surface area contributed by atoms with Crippen LogP contribution in [-0.2, 0) is 0 Å². The Morgan fingerprint density at radius 2 is 1.81 bits per heavy atom. The molecule has 0 saturated heterocycles. The van der Waals surface area contributed by atoms with Crippen LogP contribution in [0.2, 0.25) is 0 Å². The average Bonchev–Trinajstić information content (AvgIpc) is 2.25. The van der Waals surface area contributed by atoms with Gasteiger partial charge in [-0.3, -0.25) is 0 Å². The fourth-order valence-corrected chi connectivity index (χ4v) is 1.73. The molecule has 0 radical (unpaired) electrons. The Hall–Kier alpha value is -1.17. The summed E-state index contributed by atoms with van der Waals surface area (Å²) in [5, 5.41) is 3.20. The molecule has 0 spiro atoms. The summed E-state index contributed by atoms with van der Waals surface area (Å²) in [6, 6.07) is 6.25. The summed E-state index contributed by atoms with van der Waals surface area (Å²) in [5.41, 5.74) is 3.50. The molecule has 1 heterocycles. The Morgan fingerprint density at radius 3 is 2.44 bits per heavy atom. The Kier molecular flexibility index (Phi) is 3.38. The normalized spacial score (nSPS) is 10.2. The summed E-state index contributed by atoms with van der Waals surface area (Å²) in [6.45, 7) is 4.15. The van der Waals surface area contributed by atoms with Gasteiger partial charge in [-0.2, -0.15) is 0 Å². The third-order valence-electron chi connectivity index (χ3n) is 2.25. The number of aromatic nitrogens is 2. The zero-order chi connectivity index (χ0) is 11.5. The number of aryl methyl sites for hydroxylation is 2. The Bertz CT molecular complexity index is 494. The number of nitrogens with zero attached hydrogens (tertiary/aromatic N) is 2. The molecule has 82 valence electrons. The molecule has 1 aromatic carbocycles. The zero-order valence-electron chi connectivity index (χ0n) is 9.16. The number of hydrogen-bond donors (Lipinski definition) is 1. The number of halogens is 1. The largest absolute Gasteiger partial charge is 0.324 e. The second-order valence-corrected chi connectivity index (χ2v) is 4.91. The molecule has 0 aliphatic carbocycles. The lowest BCUT2D eigenvalue weighted by molar-refractivity contribution is 1.15. The summed E-state index contributed by atoms with van der Waals surface area (Å²) in [4.78, 5) is 8.41. The highest BCUT2D eigenvalue weighted by atomic mass is 127. The lowest BCUT2D eigenvalue weighted by Gasteiger charge is -2.08. The van der Waals surface area contributed by atoms with Gasteiger partial charge in [0.05, 0.1) is 0 Å². The van der Waals surface area contributed by atoms with Crippen LogP contribution >= 0.6 is 22.6 Å². The van der Waals surface area contributed by atoms with Crippen molar-refractivity contribution in [1.82, 2.24) is 9.97 Å². The smallest absolute Gasteiger partial charge is 0.227 e. The number of nitrogens with one attached hydrogen (secondary N) is 1. The highest BCUT2D eigenvalue weighted by Crippen LogP contribution is 2.19. The molecule has 4 heteroatoms. The Balaban J connectivity index is 2.23. The quantitative estimate of drug-likeness (QED) is 0.860. The first-order valence-corrected chi connectivity index (χ1v) is 6.05. The molecule has 0 unspecified atom stereocenters. The van der Waals surface area contributed by atoms with Gasteiger partial charge in [0.25, 0.3) is 0 Å². The van der Waals surface area contributed by atoms with E-state index in [0.717, 1.165) is 9.26 Å². The van der Waals surface area contributed by atoms with Crippen molar-refractivity contribution >= 4 is 34.2 Å². The fraction of sp³-hybridized carbons (Fsp3) is 0.167. The van der Waals surface area contributed by atoms with Gasteiger partial charge in [-0.25, -0.2) is 9.97 Å². The highest BCUT2D eigenvalue weighted by Gasteiger charge is 2.00. The van der Waals surface area contributed by atoms with Crippen LogP contribution < -0.4 is 5.32 Å². The summed E-state index contributed by atoms with van der Waals surface area (Å²) < 4.78 is 1.03. The van der Waals surface area contributed by atoms with Crippen molar-refractivity contribution in [1.29, 1.82) is 0 Å². The minimum absolute atomic E-state index is 0.632. The van der Waals surface area contributed by atoms with Crippen LogP contribution in [0.4, 0.5) is 11.6 Å². The van der Waals surface area contributed by atoms with Gasteiger partial charge in [-0.15, -0.1) is 0 Å². The lowest BCUT2D eigenvalue weighted by Crippen LogP contribution is -1.98. The van der Waals surface area contributed by atoms with Crippen molar-refractivity contribution in [3.05, 3.63) is 45.3 Å². The van der Waals surface area contributed by atoms with E-state index >= 15 is 0 Å². The number of benzene rings is 1. The van der Waals surface area contributed by atoms with E-state index in [1.54, 1.807) is 12.4 Å². The van der Waals surface area contributed by atoms with E-state index in [1.807, 2.05) is 6.07 Å². The van der Waals surface area contributed by atoms with Crippen LogP contribution in [0.15, 0.2) is 30.6 Å². The van der Waals surface area contributed by atoms with Crippen molar-refractivity contribution in [2.75, 3.05) is 5.32 Å². The van der Waals surface area contributed by atoms with Gasteiger partial charge in [-0.1, -0.05) is 17.7 Å². The molecule has 0 amide bonds. The first-order chi connectivity index (χ1) is 7.65. The van der Waals surface area contributed by atoms with Gasteiger partial charge < -0.3 is 5.32 Å². The summed E-state index contributed by atoms with van der Waals surface area (Å²) >= 11 is 2.19. The first kappa shape index (κ1) is 11.3. The van der Waals surface area contributed by atoms with E-state index in [4.69, 9.17) is 0 Å². The van der Waals surface area contributed by atoms with Crippen LogP contribution in [0, 0.1) is 17.4 Å². The molecule has 2 rings (SSSR count). The Labute approximate surface area is 108 Å². The van der Waals surface area contributed by atoms with Crippen molar-refractivity contribution in [2.24, 2.45) is 0 Å². The first-order valence-electron chi connectivity index (χ1n) is 4.97. The Morgan fingerprint density at radius 1 is 1.12 bits per heavy atom. The SMILES string of the molecule is Cc1ccc(Nc2ncc(I)cn2)c(C)c1. The molecule has 16 heavy (non-hydrogen) atoms. The van der Waals surface area contributed by atoms with E-state index in [0.29, 0.717) is 5.95 Å². The molecule has 0 aliphatic heterocycles. The van der Waals surface area contributed by atoms with Crippen molar-refractivity contribution in [3.8, 4) is 0 Å². The molecule has 0 atom stereocenters. The minimum Gasteiger partial charge on any atom is -0.324 e. The summed E-state index contributed by atoms with van der Waals surface area (Å²) in [6.07, 6.45) is 3.58. The fourth-order valence-electron chi connectivity index (χ4n) is 1.45. The van der Waals surface area contributed by atoms with Crippen molar-refractivity contribution < 1.29 is 0 Å². The standard InChI is InChI=1S/C12H12IN3/c1-8-3-4-11(9(2)5-8)16-12-14-6-10(13)7-15-12/h3-7H,1-2H3,(H,14,15,16). The van der Waals surface area contributed by atoms with Crippen molar-refractivity contribution in [3.63, 3.8) is 0 Å². The molecule has 2 aromatic rings. The van der Waals surface area contributed by atoms with E-state index in [-0.39, 0.29) is 0 Å².